The monoisotopic (exact) mass is 371 g/mol. The van der Waals surface area contributed by atoms with Crippen molar-refractivity contribution in [1.82, 2.24) is 4.57 Å². The van der Waals surface area contributed by atoms with Gasteiger partial charge in [-0.3, -0.25) is 4.79 Å². The fourth-order valence-electron chi connectivity index (χ4n) is 3.27. The summed E-state index contributed by atoms with van der Waals surface area (Å²) in [6, 6.07) is 11.8. The number of nitrogens with zero attached hydrogens (tertiary/aromatic N) is 1. The van der Waals surface area contributed by atoms with Crippen LogP contribution in [0.25, 0.3) is 21.8 Å². The predicted octanol–water partition coefficient (Wildman–Crippen LogP) is 4.30. The van der Waals surface area contributed by atoms with Crippen molar-refractivity contribution in [1.29, 1.82) is 0 Å². The van der Waals surface area contributed by atoms with Crippen LogP contribution in [0.5, 0.6) is 0 Å². The summed E-state index contributed by atoms with van der Waals surface area (Å²) < 4.78 is 56.3. The molecule has 3 aromatic carbocycles. The van der Waals surface area contributed by atoms with Crippen LogP contribution in [0.2, 0.25) is 0 Å². The van der Waals surface area contributed by atoms with Gasteiger partial charge >= 0.3 is 0 Å². The van der Waals surface area contributed by atoms with Gasteiger partial charge in [-0.1, -0.05) is 12.1 Å². The number of carbonyl (C=O) groups is 1. The summed E-state index contributed by atoms with van der Waals surface area (Å²) in [5.74, 6) is -5.51. The Labute approximate surface area is 150 Å². The van der Waals surface area contributed by atoms with E-state index in [0.717, 1.165) is 12.1 Å². The standard InChI is InChI=1S/C20H11F4N2O/c21-11-5-7-15-13(8-11)17-12(20(25)27)2-1-3-16(17)26(15)9-10-4-6-14(22)19(24)18(10)23/h1-7H,9H2,(H2,25,27). The quantitative estimate of drug-likeness (QED) is 0.424. The van der Waals surface area contributed by atoms with Crippen LogP contribution < -0.4 is 5.73 Å². The lowest BCUT2D eigenvalue weighted by Gasteiger charge is -2.10. The molecule has 4 aromatic rings. The summed E-state index contributed by atoms with van der Waals surface area (Å²) in [6.07, 6.45) is 0. The second kappa shape index (κ2) is 6.12. The first-order chi connectivity index (χ1) is 12.9. The van der Waals surface area contributed by atoms with Crippen molar-refractivity contribution >= 4 is 27.7 Å². The maximum absolute atomic E-state index is 14.2. The highest BCUT2D eigenvalue weighted by Crippen LogP contribution is 2.33. The number of aromatic nitrogens is 1. The number of benzene rings is 3. The minimum absolute atomic E-state index is 0.0958. The predicted molar refractivity (Wildman–Crippen MR) is 92.2 cm³/mol. The van der Waals surface area contributed by atoms with Crippen molar-refractivity contribution in [2.75, 3.05) is 0 Å². The van der Waals surface area contributed by atoms with E-state index >= 15 is 0 Å². The van der Waals surface area contributed by atoms with Crippen LogP contribution in [-0.2, 0) is 6.54 Å². The molecule has 0 unspecified atom stereocenters. The van der Waals surface area contributed by atoms with Gasteiger partial charge in [0.2, 0.25) is 5.91 Å². The molecule has 135 valence electrons. The minimum atomic E-state index is -1.57. The van der Waals surface area contributed by atoms with E-state index in [1.54, 1.807) is 16.7 Å². The van der Waals surface area contributed by atoms with E-state index in [0.29, 0.717) is 21.8 Å². The van der Waals surface area contributed by atoms with E-state index in [2.05, 4.69) is 6.07 Å². The lowest BCUT2D eigenvalue weighted by Crippen LogP contribution is -2.11. The van der Waals surface area contributed by atoms with Crippen molar-refractivity contribution in [2.45, 2.75) is 6.54 Å². The molecule has 0 aliphatic heterocycles. The first kappa shape index (κ1) is 17.1. The summed E-state index contributed by atoms with van der Waals surface area (Å²) in [7, 11) is 0. The third-order valence-corrected chi connectivity index (χ3v) is 4.47. The maximum atomic E-state index is 14.2. The number of hydrogen-bond donors (Lipinski definition) is 1. The number of carbonyl (C=O) groups excluding carboxylic acids is 1. The van der Waals surface area contributed by atoms with Crippen molar-refractivity contribution in [3.63, 3.8) is 0 Å². The first-order valence-corrected chi connectivity index (χ1v) is 7.93. The van der Waals surface area contributed by atoms with E-state index in [1.807, 2.05) is 0 Å². The number of primary amides is 1. The number of hydrogen-bond acceptors (Lipinski definition) is 1. The van der Waals surface area contributed by atoms with Crippen molar-refractivity contribution < 1.29 is 22.4 Å². The van der Waals surface area contributed by atoms with Gasteiger partial charge in [-0.05, 0) is 30.3 Å². The number of nitrogens with two attached hydrogens (primary N) is 1. The van der Waals surface area contributed by atoms with Gasteiger partial charge < -0.3 is 10.3 Å². The van der Waals surface area contributed by atoms with Gasteiger partial charge in [0.1, 0.15) is 5.82 Å². The Balaban J connectivity index is 2.04. The van der Waals surface area contributed by atoms with Gasteiger partial charge in [0.15, 0.2) is 17.5 Å². The molecule has 1 amide bonds. The van der Waals surface area contributed by atoms with E-state index in [9.17, 15) is 22.4 Å². The van der Waals surface area contributed by atoms with Crippen molar-refractivity contribution in [3.8, 4) is 0 Å². The van der Waals surface area contributed by atoms with E-state index in [4.69, 9.17) is 5.73 Å². The van der Waals surface area contributed by atoms with Gasteiger partial charge in [0.25, 0.3) is 0 Å². The zero-order valence-electron chi connectivity index (χ0n) is 13.7. The Morgan fingerprint density at radius 1 is 0.963 bits per heavy atom. The molecule has 0 aliphatic carbocycles. The molecule has 2 N–H and O–H groups in total. The highest BCUT2D eigenvalue weighted by molar-refractivity contribution is 6.17. The summed E-state index contributed by atoms with van der Waals surface area (Å²) >= 11 is 0. The topological polar surface area (TPSA) is 48.0 Å². The highest BCUT2D eigenvalue weighted by atomic mass is 19.2. The molecule has 7 heteroatoms. The number of halogens is 4. The molecule has 1 radical (unpaired) electrons. The SMILES string of the molecule is NC(=O)c1cccc2c1c1[c]c(F)ccc1n2Cc1ccc(F)c(F)c1F. The minimum Gasteiger partial charge on any atom is -0.366 e. The lowest BCUT2D eigenvalue weighted by molar-refractivity contribution is 0.100. The largest absolute Gasteiger partial charge is 0.366 e. The van der Waals surface area contributed by atoms with Crippen LogP contribution in [0.3, 0.4) is 0 Å². The van der Waals surface area contributed by atoms with Gasteiger partial charge in [-0.2, -0.15) is 0 Å². The van der Waals surface area contributed by atoms with Gasteiger partial charge in [0, 0.05) is 28.0 Å². The Morgan fingerprint density at radius 2 is 1.74 bits per heavy atom. The van der Waals surface area contributed by atoms with Crippen LogP contribution in [0, 0.1) is 29.3 Å². The zero-order chi connectivity index (χ0) is 19.3. The van der Waals surface area contributed by atoms with E-state index < -0.39 is 29.2 Å². The van der Waals surface area contributed by atoms with Gasteiger partial charge in [0.05, 0.1) is 17.6 Å². The molecule has 4 rings (SSSR count). The Kier molecular flexibility index (Phi) is 3.87. The van der Waals surface area contributed by atoms with Crippen LogP contribution in [0.15, 0.2) is 42.5 Å². The highest BCUT2D eigenvalue weighted by Gasteiger charge is 2.19. The molecule has 0 fully saturated rings. The molecule has 27 heavy (non-hydrogen) atoms. The van der Waals surface area contributed by atoms with Crippen molar-refractivity contribution in [2.24, 2.45) is 5.73 Å². The van der Waals surface area contributed by atoms with Gasteiger partial charge in [-0.25, -0.2) is 17.6 Å². The average Bonchev–Trinajstić information content (AvgIpc) is 2.95. The second-order valence-corrected chi connectivity index (χ2v) is 6.05. The Hall–Kier alpha value is -3.35. The van der Waals surface area contributed by atoms with E-state index in [1.165, 1.54) is 18.2 Å². The Bertz CT molecular complexity index is 1230. The van der Waals surface area contributed by atoms with Crippen LogP contribution >= 0.6 is 0 Å². The summed E-state index contributed by atoms with van der Waals surface area (Å²) in [5, 5.41) is 0.657. The lowest BCUT2D eigenvalue weighted by atomic mass is 10.1. The smallest absolute Gasteiger partial charge is 0.249 e. The number of rotatable bonds is 3. The summed E-state index contributed by atoms with van der Waals surface area (Å²) in [6.45, 7) is -0.162. The average molecular weight is 371 g/mol. The maximum Gasteiger partial charge on any atom is 0.249 e. The van der Waals surface area contributed by atoms with Crippen LogP contribution in [0.4, 0.5) is 17.6 Å². The molecular weight excluding hydrogens is 360 g/mol. The molecule has 1 aromatic heterocycles. The Morgan fingerprint density at radius 3 is 2.48 bits per heavy atom. The summed E-state index contributed by atoms with van der Waals surface area (Å²) in [4.78, 5) is 11.8. The molecular formula is C20H11F4N2O. The normalized spacial score (nSPS) is 11.4. The van der Waals surface area contributed by atoms with Crippen LogP contribution in [0.1, 0.15) is 15.9 Å². The second-order valence-electron chi connectivity index (χ2n) is 6.05. The molecule has 0 bridgehead atoms. The third kappa shape index (κ3) is 2.63. The molecule has 0 spiro atoms. The fourth-order valence-corrected chi connectivity index (χ4v) is 3.27. The zero-order valence-corrected chi connectivity index (χ0v) is 13.7. The third-order valence-electron chi connectivity index (χ3n) is 4.47. The fraction of sp³-hybridized carbons (Fsp3) is 0.0500. The molecule has 0 saturated carbocycles. The number of amides is 1. The number of fused-ring (bicyclic) bond motifs is 3. The molecule has 3 nitrogen and oxygen atoms in total. The van der Waals surface area contributed by atoms with Crippen molar-refractivity contribution in [3.05, 3.63) is 82.9 Å². The molecule has 0 saturated heterocycles. The summed E-state index contributed by atoms with van der Waals surface area (Å²) in [5.41, 5.74) is 6.40. The molecule has 1 heterocycles. The van der Waals surface area contributed by atoms with Gasteiger partial charge in [-0.15, -0.1) is 0 Å². The molecule has 0 atom stereocenters. The molecule has 0 aliphatic rings. The van der Waals surface area contributed by atoms with Crippen LogP contribution in [-0.4, -0.2) is 10.5 Å². The first-order valence-electron chi connectivity index (χ1n) is 7.93. The van der Waals surface area contributed by atoms with E-state index in [-0.39, 0.29) is 17.7 Å².